The van der Waals surface area contributed by atoms with Crippen LogP contribution in [-0.2, 0) is 25.5 Å². The van der Waals surface area contributed by atoms with Gasteiger partial charge in [-0.2, -0.15) is 0 Å². The van der Waals surface area contributed by atoms with Gasteiger partial charge in [-0.15, -0.1) is 0 Å². The molecular formula is C20H25N3O5. The van der Waals surface area contributed by atoms with Crippen molar-refractivity contribution in [2.75, 3.05) is 20.3 Å². The number of hydrogen-bond acceptors (Lipinski definition) is 6. The lowest BCUT2D eigenvalue weighted by Gasteiger charge is -2.14. The number of aromatic nitrogens is 2. The maximum Gasteiger partial charge on any atom is 0.306 e. The molecule has 2 aromatic rings. The van der Waals surface area contributed by atoms with E-state index in [4.69, 9.17) is 9.47 Å². The zero-order chi connectivity index (χ0) is 20.1. The van der Waals surface area contributed by atoms with Crippen LogP contribution in [0.5, 0.6) is 0 Å². The van der Waals surface area contributed by atoms with Crippen molar-refractivity contribution in [3.05, 3.63) is 40.4 Å². The van der Waals surface area contributed by atoms with Crippen LogP contribution in [0.2, 0.25) is 0 Å². The summed E-state index contributed by atoms with van der Waals surface area (Å²) in [6.07, 6.45) is 2.23. The van der Waals surface area contributed by atoms with Gasteiger partial charge in [-0.25, -0.2) is 4.98 Å². The molecule has 1 aromatic carbocycles. The number of nitrogens with zero attached hydrogens (tertiary/aromatic N) is 2. The summed E-state index contributed by atoms with van der Waals surface area (Å²) < 4.78 is 11.7. The molecule has 0 radical (unpaired) electrons. The van der Waals surface area contributed by atoms with Crippen molar-refractivity contribution in [2.45, 2.75) is 44.7 Å². The minimum atomic E-state index is -0.501. The number of aryl methyl sites for hydroxylation is 1. The first-order chi connectivity index (χ1) is 13.5. The molecule has 28 heavy (non-hydrogen) atoms. The summed E-state index contributed by atoms with van der Waals surface area (Å²) in [5.74, 6) is -0.294. The Hall–Kier alpha value is -2.74. The molecule has 0 saturated heterocycles. The van der Waals surface area contributed by atoms with E-state index in [0.29, 0.717) is 23.3 Å². The summed E-state index contributed by atoms with van der Waals surface area (Å²) in [7, 11) is 1.55. The number of esters is 1. The first-order valence-electron chi connectivity index (χ1n) is 9.43. The molecule has 1 heterocycles. The van der Waals surface area contributed by atoms with E-state index in [2.05, 4.69) is 10.3 Å². The normalized spacial score (nSPS) is 14.6. The Labute approximate surface area is 162 Å². The summed E-state index contributed by atoms with van der Waals surface area (Å²) in [6.45, 7) is 1.84. The highest BCUT2D eigenvalue weighted by Gasteiger charge is 2.28. The molecule has 8 heteroatoms. The second-order valence-electron chi connectivity index (χ2n) is 7.04. The van der Waals surface area contributed by atoms with Crippen LogP contribution in [0.15, 0.2) is 29.1 Å². The van der Waals surface area contributed by atoms with Gasteiger partial charge in [-0.1, -0.05) is 12.1 Å². The van der Waals surface area contributed by atoms with E-state index < -0.39 is 5.97 Å². The first-order valence-corrected chi connectivity index (χ1v) is 9.43. The molecule has 0 spiro atoms. The number of carbonyl (C=O) groups is 2. The fourth-order valence-corrected chi connectivity index (χ4v) is 3.12. The van der Waals surface area contributed by atoms with Crippen LogP contribution in [0.3, 0.4) is 0 Å². The lowest BCUT2D eigenvalue weighted by atomic mass is 10.2. The highest BCUT2D eigenvalue weighted by Crippen LogP contribution is 2.34. The van der Waals surface area contributed by atoms with Gasteiger partial charge < -0.3 is 14.8 Å². The van der Waals surface area contributed by atoms with Crippen molar-refractivity contribution < 1.29 is 19.1 Å². The summed E-state index contributed by atoms with van der Waals surface area (Å²) in [6, 6.07) is 7.21. The standard InChI is InChI=1S/C20H25N3O5/c1-13(11-27-2)21-18(24)12-28-19(25)10-9-17-22-16-6-4-3-5-15(16)20(26)23(17)14-7-8-14/h3-6,13-14H,7-12H2,1-2H3,(H,21,24). The Kier molecular flexibility index (Phi) is 6.41. The molecule has 1 unspecified atom stereocenters. The van der Waals surface area contributed by atoms with E-state index in [0.717, 1.165) is 12.8 Å². The Morgan fingerprint density at radius 1 is 1.32 bits per heavy atom. The second kappa shape index (κ2) is 8.97. The van der Waals surface area contributed by atoms with Crippen molar-refractivity contribution in [1.29, 1.82) is 0 Å². The van der Waals surface area contributed by atoms with Crippen molar-refractivity contribution in [3.63, 3.8) is 0 Å². The predicted octanol–water partition coefficient (Wildman–Crippen LogP) is 1.36. The molecule has 1 atom stereocenters. The van der Waals surface area contributed by atoms with E-state index in [-0.39, 0.29) is 43.0 Å². The van der Waals surface area contributed by atoms with Crippen molar-refractivity contribution in [2.24, 2.45) is 0 Å². The van der Waals surface area contributed by atoms with Gasteiger partial charge in [0.25, 0.3) is 11.5 Å². The second-order valence-corrected chi connectivity index (χ2v) is 7.04. The third kappa shape index (κ3) is 4.95. The van der Waals surface area contributed by atoms with Crippen LogP contribution in [-0.4, -0.2) is 47.8 Å². The van der Waals surface area contributed by atoms with Gasteiger partial charge in [0.1, 0.15) is 5.82 Å². The predicted molar refractivity (Wildman–Crippen MR) is 103 cm³/mol. The molecule has 1 fully saturated rings. The van der Waals surface area contributed by atoms with Crippen molar-refractivity contribution in [3.8, 4) is 0 Å². The fourth-order valence-electron chi connectivity index (χ4n) is 3.12. The first kappa shape index (κ1) is 20.0. The molecule has 1 amide bonds. The van der Waals surface area contributed by atoms with E-state index in [1.165, 1.54) is 0 Å². The molecule has 1 saturated carbocycles. The van der Waals surface area contributed by atoms with Crippen LogP contribution < -0.4 is 10.9 Å². The van der Waals surface area contributed by atoms with Gasteiger partial charge in [-0.05, 0) is 31.9 Å². The van der Waals surface area contributed by atoms with Gasteiger partial charge in [0, 0.05) is 25.6 Å². The van der Waals surface area contributed by atoms with Gasteiger partial charge >= 0.3 is 5.97 Å². The quantitative estimate of drug-likeness (QED) is 0.652. The number of rotatable bonds is 9. The molecular weight excluding hydrogens is 362 g/mol. The number of fused-ring (bicyclic) bond motifs is 1. The third-order valence-corrected chi connectivity index (χ3v) is 4.53. The maximum atomic E-state index is 12.8. The minimum Gasteiger partial charge on any atom is -0.456 e. The van der Waals surface area contributed by atoms with Gasteiger partial charge in [0.2, 0.25) is 0 Å². The van der Waals surface area contributed by atoms with Crippen LogP contribution >= 0.6 is 0 Å². The smallest absolute Gasteiger partial charge is 0.306 e. The molecule has 1 aliphatic carbocycles. The lowest BCUT2D eigenvalue weighted by Crippen LogP contribution is -2.38. The van der Waals surface area contributed by atoms with Crippen molar-refractivity contribution >= 4 is 22.8 Å². The molecule has 1 aromatic heterocycles. The number of benzene rings is 1. The Bertz CT molecular complexity index is 920. The number of ether oxygens (including phenoxy) is 2. The Morgan fingerprint density at radius 3 is 2.79 bits per heavy atom. The number of para-hydroxylation sites is 1. The fraction of sp³-hybridized carbons (Fsp3) is 0.500. The van der Waals surface area contributed by atoms with E-state index in [9.17, 15) is 14.4 Å². The summed E-state index contributed by atoms with van der Waals surface area (Å²) in [5.41, 5.74) is 0.558. The Morgan fingerprint density at radius 2 is 2.07 bits per heavy atom. The molecule has 0 bridgehead atoms. The summed E-state index contributed by atoms with van der Waals surface area (Å²) >= 11 is 0. The number of carbonyl (C=O) groups excluding carboxylic acids is 2. The third-order valence-electron chi connectivity index (χ3n) is 4.53. The van der Waals surface area contributed by atoms with Crippen LogP contribution in [0.1, 0.15) is 38.1 Å². The highest BCUT2D eigenvalue weighted by molar-refractivity contribution is 5.81. The SMILES string of the molecule is COCC(C)NC(=O)COC(=O)CCc1nc2ccccc2c(=O)n1C1CC1. The molecule has 3 rings (SSSR count). The molecule has 8 nitrogen and oxygen atoms in total. The van der Waals surface area contributed by atoms with Gasteiger partial charge in [-0.3, -0.25) is 19.0 Å². The topological polar surface area (TPSA) is 99.5 Å². The average Bonchev–Trinajstić information content (AvgIpc) is 3.50. The molecule has 1 aliphatic rings. The number of nitrogens with one attached hydrogen (secondary N) is 1. The van der Waals surface area contributed by atoms with Crippen molar-refractivity contribution in [1.82, 2.24) is 14.9 Å². The monoisotopic (exact) mass is 387 g/mol. The zero-order valence-corrected chi connectivity index (χ0v) is 16.1. The number of amides is 1. The number of methoxy groups -OCH3 is 1. The minimum absolute atomic E-state index is 0.0540. The van der Waals surface area contributed by atoms with Crippen LogP contribution in [0, 0.1) is 0 Å². The Balaban J connectivity index is 1.60. The lowest BCUT2D eigenvalue weighted by molar-refractivity contribution is -0.148. The maximum absolute atomic E-state index is 12.8. The largest absolute Gasteiger partial charge is 0.456 e. The average molecular weight is 387 g/mol. The van der Waals surface area contributed by atoms with E-state index >= 15 is 0 Å². The summed E-state index contributed by atoms with van der Waals surface area (Å²) in [5, 5.41) is 3.26. The van der Waals surface area contributed by atoms with E-state index in [1.807, 2.05) is 12.1 Å². The molecule has 1 N–H and O–H groups in total. The highest BCUT2D eigenvalue weighted by atomic mass is 16.5. The van der Waals surface area contributed by atoms with Crippen LogP contribution in [0.25, 0.3) is 10.9 Å². The van der Waals surface area contributed by atoms with Gasteiger partial charge in [0.05, 0.1) is 23.9 Å². The molecule has 0 aliphatic heterocycles. The molecule has 150 valence electrons. The van der Waals surface area contributed by atoms with Crippen LogP contribution in [0.4, 0.5) is 0 Å². The van der Waals surface area contributed by atoms with E-state index in [1.54, 1.807) is 30.7 Å². The zero-order valence-electron chi connectivity index (χ0n) is 16.1. The van der Waals surface area contributed by atoms with Gasteiger partial charge in [0.15, 0.2) is 6.61 Å². The summed E-state index contributed by atoms with van der Waals surface area (Å²) in [4.78, 5) is 41.2. The number of hydrogen-bond donors (Lipinski definition) is 1.